The molecule has 3 N–H and O–H groups in total. The van der Waals surface area contributed by atoms with Crippen molar-refractivity contribution in [2.45, 2.75) is 51.0 Å². The Balaban J connectivity index is 1.24. The first-order valence-corrected chi connectivity index (χ1v) is 12.8. The van der Waals surface area contributed by atoms with E-state index >= 15 is 0 Å². The number of carbonyl (C=O) groups is 1. The van der Waals surface area contributed by atoms with Crippen molar-refractivity contribution < 1.29 is 19.4 Å². The van der Waals surface area contributed by atoms with Crippen molar-refractivity contribution in [3.8, 4) is 5.75 Å². The van der Waals surface area contributed by atoms with Gasteiger partial charge in [-0.1, -0.05) is 60.6 Å². The second-order valence-electron chi connectivity index (χ2n) is 8.29. The normalized spacial score (nSPS) is 12.1. The molecular formula is C26H34N2O5S. The molecule has 0 fully saturated rings. The lowest BCUT2D eigenvalue weighted by Crippen LogP contribution is -2.24. The Morgan fingerprint density at radius 1 is 1.00 bits per heavy atom. The van der Waals surface area contributed by atoms with Crippen LogP contribution in [0.15, 0.2) is 47.3 Å². The first-order chi connectivity index (χ1) is 16.7. The number of phenols is 1. The Labute approximate surface area is 204 Å². The second kappa shape index (κ2) is 14.6. The van der Waals surface area contributed by atoms with E-state index in [0.717, 1.165) is 76.0 Å². The molecule has 3 aromatic rings. The number of fused-ring (bicyclic) bond motifs is 1. The van der Waals surface area contributed by atoms with Crippen molar-refractivity contribution in [2.24, 2.45) is 0 Å². The van der Waals surface area contributed by atoms with E-state index in [1.54, 1.807) is 6.07 Å². The third kappa shape index (κ3) is 8.27. The standard InChI is InChI=1S/C26H34N2O5S/c29-19-33-23(21-13-14-22(30)24-25(21)34-26(31)28-24)18-27-15-7-1-2-8-16-32-17-9-6-12-20-10-4-3-5-11-20/h3-5,10-11,13-14,19,23,27,30H,1-2,6-9,12,15-18H2,(H,28,31). The molecular weight excluding hydrogens is 452 g/mol. The van der Waals surface area contributed by atoms with Crippen LogP contribution in [-0.4, -0.2) is 42.9 Å². The van der Waals surface area contributed by atoms with Crippen LogP contribution in [0.3, 0.4) is 0 Å². The molecule has 34 heavy (non-hydrogen) atoms. The fourth-order valence-corrected chi connectivity index (χ4v) is 4.83. The van der Waals surface area contributed by atoms with Crippen LogP contribution in [0.2, 0.25) is 0 Å². The molecule has 3 rings (SSSR count). The summed E-state index contributed by atoms with van der Waals surface area (Å²) < 4.78 is 11.6. The van der Waals surface area contributed by atoms with Gasteiger partial charge in [0.25, 0.3) is 6.47 Å². The number of rotatable bonds is 17. The fraction of sp³-hybridized carbons (Fsp3) is 0.462. The van der Waals surface area contributed by atoms with Gasteiger partial charge in [0, 0.05) is 25.3 Å². The highest BCUT2D eigenvalue weighted by Crippen LogP contribution is 2.32. The Bertz CT molecular complexity index is 1050. The van der Waals surface area contributed by atoms with Crippen molar-refractivity contribution in [3.63, 3.8) is 0 Å². The van der Waals surface area contributed by atoms with Gasteiger partial charge in [-0.15, -0.1) is 0 Å². The number of aryl methyl sites for hydroxylation is 1. The topological polar surface area (TPSA) is 101 Å². The number of hydrogen-bond acceptors (Lipinski definition) is 7. The Hall–Kier alpha value is -2.68. The number of hydrogen-bond donors (Lipinski definition) is 3. The SMILES string of the molecule is O=COC(CNCCCCCCOCCCCc1ccccc1)c1ccc(O)c2[nH]c(=O)sc12. The number of phenolic OH excluding ortho intramolecular Hbond substituents is 1. The molecule has 0 aliphatic carbocycles. The molecule has 0 amide bonds. The summed E-state index contributed by atoms with van der Waals surface area (Å²) in [7, 11) is 0. The zero-order valence-corrected chi connectivity index (χ0v) is 20.3. The molecule has 184 valence electrons. The minimum atomic E-state index is -0.526. The molecule has 0 spiro atoms. The monoisotopic (exact) mass is 486 g/mol. The predicted octanol–water partition coefficient (Wildman–Crippen LogP) is 4.70. The quantitative estimate of drug-likeness (QED) is 0.189. The summed E-state index contributed by atoms with van der Waals surface area (Å²) in [6.45, 7) is 3.31. The van der Waals surface area contributed by atoms with Crippen molar-refractivity contribution >= 4 is 28.0 Å². The van der Waals surface area contributed by atoms with Gasteiger partial charge in [0.1, 0.15) is 17.4 Å². The zero-order chi connectivity index (χ0) is 24.0. The van der Waals surface area contributed by atoms with E-state index in [4.69, 9.17) is 9.47 Å². The maximum Gasteiger partial charge on any atom is 0.305 e. The van der Waals surface area contributed by atoms with Gasteiger partial charge in [-0.2, -0.15) is 0 Å². The number of thiazole rings is 1. The van der Waals surface area contributed by atoms with Gasteiger partial charge in [-0.25, -0.2) is 0 Å². The van der Waals surface area contributed by atoms with E-state index in [9.17, 15) is 14.7 Å². The second-order valence-corrected chi connectivity index (χ2v) is 9.27. The molecule has 0 aliphatic rings. The number of ether oxygens (including phenoxy) is 2. The lowest BCUT2D eigenvalue weighted by Gasteiger charge is -2.17. The average Bonchev–Trinajstić information content (AvgIpc) is 3.25. The van der Waals surface area contributed by atoms with Crippen LogP contribution < -0.4 is 10.2 Å². The molecule has 7 nitrogen and oxygen atoms in total. The van der Waals surface area contributed by atoms with Crippen LogP contribution in [-0.2, 0) is 20.7 Å². The van der Waals surface area contributed by atoms with E-state index in [1.165, 1.54) is 11.6 Å². The molecule has 0 radical (unpaired) electrons. The molecule has 1 heterocycles. The highest BCUT2D eigenvalue weighted by molar-refractivity contribution is 7.16. The van der Waals surface area contributed by atoms with E-state index in [2.05, 4.69) is 34.6 Å². The molecule has 0 aliphatic heterocycles. The minimum absolute atomic E-state index is 0.00563. The molecule has 0 saturated carbocycles. The summed E-state index contributed by atoms with van der Waals surface area (Å²) in [6.07, 6.45) is 7.14. The van der Waals surface area contributed by atoms with Gasteiger partial charge in [0.05, 0.1) is 4.70 Å². The highest BCUT2D eigenvalue weighted by atomic mass is 32.1. The minimum Gasteiger partial charge on any atom is -0.506 e. The number of aromatic nitrogens is 1. The van der Waals surface area contributed by atoms with E-state index in [1.807, 2.05) is 6.07 Å². The fourth-order valence-electron chi connectivity index (χ4n) is 3.91. The van der Waals surface area contributed by atoms with Gasteiger partial charge in [0.2, 0.25) is 0 Å². The Morgan fingerprint density at radius 2 is 1.76 bits per heavy atom. The third-order valence-electron chi connectivity index (χ3n) is 5.72. The maximum absolute atomic E-state index is 11.7. The Kier molecular flexibility index (Phi) is 11.1. The highest BCUT2D eigenvalue weighted by Gasteiger charge is 2.19. The lowest BCUT2D eigenvalue weighted by molar-refractivity contribution is -0.133. The molecule has 0 saturated heterocycles. The summed E-state index contributed by atoms with van der Waals surface area (Å²) in [5, 5.41) is 13.3. The molecule has 2 aromatic carbocycles. The van der Waals surface area contributed by atoms with Crippen LogP contribution in [0, 0.1) is 0 Å². The average molecular weight is 487 g/mol. The largest absolute Gasteiger partial charge is 0.506 e. The van der Waals surface area contributed by atoms with Crippen LogP contribution in [0.4, 0.5) is 0 Å². The molecule has 1 atom stereocenters. The zero-order valence-electron chi connectivity index (χ0n) is 19.5. The summed E-state index contributed by atoms with van der Waals surface area (Å²) in [5.74, 6) is 0.00563. The van der Waals surface area contributed by atoms with Crippen LogP contribution in [0.5, 0.6) is 5.75 Å². The summed E-state index contributed by atoms with van der Waals surface area (Å²) in [6, 6.07) is 13.8. The van der Waals surface area contributed by atoms with Crippen molar-refractivity contribution in [1.82, 2.24) is 10.3 Å². The number of nitrogens with one attached hydrogen (secondary N) is 2. The number of benzene rings is 2. The van der Waals surface area contributed by atoms with Gasteiger partial charge in [-0.05, 0) is 50.3 Å². The van der Waals surface area contributed by atoms with Crippen molar-refractivity contribution in [1.29, 1.82) is 0 Å². The summed E-state index contributed by atoms with van der Waals surface area (Å²) in [4.78, 5) is 25.1. The van der Waals surface area contributed by atoms with Gasteiger partial charge >= 0.3 is 4.87 Å². The number of unbranched alkanes of at least 4 members (excludes halogenated alkanes) is 4. The van der Waals surface area contributed by atoms with Crippen molar-refractivity contribution in [3.05, 3.63) is 63.3 Å². The molecule has 1 unspecified atom stereocenters. The number of aromatic hydroxyl groups is 1. The smallest absolute Gasteiger partial charge is 0.305 e. The predicted molar refractivity (Wildman–Crippen MR) is 136 cm³/mol. The van der Waals surface area contributed by atoms with Gasteiger partial charge < -0.3 is 24.9 Å². The number of H-pyrrole nitrogens is 1. The molecule has 1 aromatic heterocycles. The van der Waals surface area contributed by atoms with E-state index in [-0.39, 0.29) is 10.6 Å². The first kappa shape index (κ1) is 25.9. The number of aromatic amines is 1. The summed E-state index contributed by atoms with van der Waals surface area (Å²) >= 11 is 1.00. The van der Waals surface area contributed by atoms with Gasteiger partial charge in [0.15, 0.2) is 0 Å². The van der Waals surface area contributed by atoms with Gasteiger partial charge in [-0.3, -0.25) is 9.59 Å². The van der Waals surface area contributed by atoms with Crippen LogP contribution in [0.1, 0.15) is 55.8 Å². The first-order valence-electron chi connectivity index (χ1n) is 11.9. The van der Waals surface area contributed by atoms with E-state index < -0.39 is 6.10 Å². The Morgan fingerprint density at radius 3 is 2.56 bits per heavy atom. The van der Waals surface area contributed by atoms with Crippen LogP contribution in [0.25, 0.3) is 10.2 Å². The van der Waals surface area contributed by atoms with Crippen LogP contribution >= 0.6 is 11.3 Å². The molecule has 0 bridgehead atoms. The van der Waals surface area contributed by atoms with Crippen molar-refractivity contribution in [2.75, 3.05) is 26.3 Å². The summed E-state index contributed by atoms with van der Waals surface area (Å²) in [5.41, 5.74) is 2.47. The number of carbonyl (C=O) groups excluding carboxylic acids is 1. The maximum atomic E-state index is 11.7. The third-order valence-corrected chi connectivity index (χ3v) is 6.65. The van der Waals surface area contributed by atoms with E-state index in [0.29, 0.717) is 28.8 Å². The lowest BCUT2D eigenvalue weighted by atomic mass is 10.1. The molecule has 8 heteroatoms.